The summed E-state index contributed by atoms with van der Waals surface area (Å²) < 4.78 is 0. The topological polar surface area (TPSA) is 46.3 Å². The highest BCUT2D eigenvalue weighted by molar-refractivity contribution is 6.33. The van der Waals surface area contributed by atoms with Crippen LogP contribution < -0.4 is 5.73 Å². The average molecular weight is 241 g/mol. The van der Waals surface area contributed by atoms with Crippen molar-refractivity contribution in [3.63, 3.8) is 0 Å². The van der Waals surface area contributed by atoms with Gasteiger partial charge in [0.15, 0.2) is 5.78 Å². The standard InChI is InChI=1S/C12H17ClN2O/c1-4-15(3)7-11(16)9-5-8(2)12(14)10(13)6-9/h5-6H,4,7,14H2,1-3H3. The van der Waals surface area contributed by atoms with Crippen LogP contribution >= 0.6 is 11.6 Å². The SMILES string of the molecule is CCN(C)CC(=O)c1cc(C)c(N)c(Cl)c1. The van der Waals surface area contributed by atoms with E-state index in [0.29, 0.717) is 22.8 Å². The van der Waals surface area contributed by atoms with Crippen LogP contribution in [-0.2, 0) is 0 Å². The molecule has 0 aliphatic rings. The maximum Gasteiger partial charge on any atom is 0.176 e. The number of aryl methyl sites for hydroxylation is 1. The number of anilines is 1. The van der Waals surface area contributed by atoms with E-state index in [4.69, 9.17) is 17.3 Å². The van der Waals surface area contributed by atoms with Gasteiger partial charge in [-0.2, -0.15) is 0 Å². The van der Waals surface area contributed by atoms with Gasteiger partial charge in [-0.3, -0.25) is 9.69 Å². The van der Waals surface area contributed by atoms with Gasteiger partial charge in [-0.1, -0.05) is 18.5 Å². The fraction of sp³-hybridized carbons (Fsp3) is 0.417. The molecule has 4 heteroatoms. The Morgan fingerprint density at radius 3 is 2.62 bits per heavy atom. The molecule has 0 fully saturated rings. The Balaban J connectivity index is 2.93. The molecular formula is C12H17ClN2O. The predicted octanol–water partition coefficient (Wildman–Crippen LogP) is 2.37. The number of carbonyl (C=O) groups is 1. The van der Waals surface area contributed by atoms with Crippen molar-refractivity contribution in [2.45, 2.75) is 13.8 Å². The predicted molar refractivity (Wildman–Crippen MR) is 68.1 cm³/mol. The fourth-order valence-corrected chi connectivity index (χ4v) is 1.63. The average Bonchev–Trinajstić information content (AvgIpc) is 2.24. The molecule has 0 amide bonds. The Morgan fingerprint density at radius 2 is 2.12 bits per heavy atom. The molecule has 1 aromatic rings. The molecule has 0 aliphatic heterocycles. The van der Waals surface area contributed by atoms with E-state index in [9.17, 15) is 4.79 Å². The summed E-state index contributed by atoms with van der Waals surface area (Å²) in [4.78, 5) is 13.8. The summed E-state index contributed by atoms with van der Waals surface area (Å²) in [6, 6.07) is 3.42. The number of nitrogens with zero attached hydrogens (tertiary/aromatic N) is 1. The van der Waals surface area contributed by atoms with Gasteiger partial charge in [-0.25, -0.2) is 0 Å². The zero-order valence-electron chi connectivity index (χ0n) is 9.88. The summed E-state index contributed by atoms with van der Waals surface area (Å²) in [5, 5.41) is 0.447. The van der Waals surface area contributed by atoms with Gasteiger partial charge in [0, 0.05) is 5.56 Å². The molecular weight excluding hydrogens is 224 g/mol. The third-order valence-corrected chi connectivity index (χ3v) is 2.92. The number of halogens is 1. The second kappa shape index (κ2) is 5.32. The molecule has 3 nitrogen and oxygen atoms in total. The van der Waals surface area contributed by atoms with E-state index in [0.717, 1.165) is 12.1 Å². The summed E-state index contributed by atoms with van der Waals surface area (Å²) in [7, 11) is 1.91. The summed E-state index contributed by atoms with van der Waals surface area (Å²) in [6.07, 6.45) is 0. The molecule has 0 atom stereocenters. The Hall–Kier alpha value is -1.06. The van der Waals surface area contributed by atoms with E-state index in [1.54, 1.807) is 12.1 Å². The van der Waals surface area contributed by atoms with E-state index >= 15 is 0 Å². The number of likely N-dealkylation sites (N-methyl/N-ethyl adjacent to an activating group) is 1. The lowest BCUT2D eigenvalue weighted by Gasteiger charge is -2.13. The number of rotatable bonds is 4. The lowest BCUT2D eigenvalue weighted by molar-refractivity contribution is 0.0949. The number of nitrogens with two attached hydrogens (primary N) is 1. The van der Waals surface area contributed by atoms with Crippen molar-refractivity contribution in [3.05, 3.63) is 28.3 Å². The molecule has 0 heterocycles. The summed E-state index contributed by atoms with van der Waals surface area (Å²) >= 11 is 5.94. The number of ketones is 1. The lowest BCUT2D eigenvalue weighted by Crippen LogP contribution is -2.25. The normalized spacial score (nSPS) is 10.8. The number of Topliss-reactive ketones (excluding diaryl/α,β-unsaturated/α-hetero) is 1. The van der Waals surface area contributed by atoms with E-state index < -0.39 is 0 Å². The molecule has 1 aromatic carbocycles. The second-order valence-electron chi connectivity index (χ2n) is 3.94. The van der Waals surface area contributed by atoms with Gasteiger partial charge in [0.1, 0.15) is 0 Å². The molecule has 0 unspecified atom stereocenters. The van der Waals surface area contributed by atoms with Crippen molar-refractivity contribution in [1.29, 1.82) is 0 Å². The van der Waals surface area contributed by atoms with Gasteiger partial charge in [0.25, 0.3) is 0 Å². The Morgan fingerprint density at radius 1 is 1.50 bits per heavy atom. The Kier molecular flexibility index (Phi) is 4.33. The molecule has 2 N–H and O–H groups in total. The van der Waals surface area contributed by atoms with Crippen LogP contribution in [0.1, 0.15) is 22.8 Å². The quantitative estimate of drug-likeness (QED) is 0.649. The van der Waals surface area contributed by atoms with Crippen LogP contribution in [0.25, 0.3) is 0 Å². The van der Waals surface area contributed by atoms with Crippen molar-refractivity contribution in [2.24, 2.45) is 0 Å². The minimum absolute atomic E-state index is 0.0642. The van der Waals surface area contributed by atoms with Crippen LogP contribution in [0.5, 0.6) is 0 Å². The van der Waals surface area contributed by atoms with Gasteiger partial charge < -0.3 is 5.73 Å². The lowest BCUT2D eigenvalue weighted by atomic mass is 10.1. The maximum absolute atomic E-state index is 11.9. The summed E-state index contributed by atoms with van der Waals surface area (Å²) in [5.41, 5.74) is 7.73. The zero-order chi connectivity index (χ0) is 12.3. The van der Waals surface area contributed by atoms with Crippen LogP contribution in [0.15, 0.2) is 12.1 Å². The zero-order valence-corrected chi connectivity index (χ0v) is 10.6. The van der Waals surface area contributed by atoms with Crippen LogP contribution in [0.3, 0.4) is 0 Å². The largest absolute Gasteiger partial charge is 0.397 e. The van der Waals surface area contributed by atoms with Crippen molar-refractivity contribution in [2.75, 3.05) is 25.9 Å². The van der Waals surface area contributed by atoms with E-state index in [-0.39, 0.29) is 5.78 Å². The minimum atomic E-state index is 0.0642. The van der Waals surface area contributed by atoms with Crippen molar-refractivity contribution in [1.82, 2.24) is 4.90 Å². The van der Waals surface area contributed by atoms with Gasteiger partial charge in [0.05, 0.1) is 17.3 Å². The van der Waals surface area contributed by atoms with Gasteiger partial charge >= 0.3 is 0 Å². The smallest absolute Gasteiger partial charge is 0.176 e. The number of nitrogen functional groups attached to an aromatic ring is 1. The first-order valence-electron chi connectivity index (χ1n) is 5.23. The monoisotopic (exact) mass is 240 g/mol. The molecule has 1 rings (SSSR count). The summed E-state index contributed by atoms with van der Waals surface area (Å²) in [5.74, 6) is 0.0642. The van der Waals surface area contributed by atoms with E-state index in [2.05, 4.69) is 0 Å². The van der Waals surface area contributed by atoms with Crippen molar-refractivity contribution < 1.29 is 4.79 Å². The van der Waals surface area contributed by atoms with Gasteiger partial charge in [-0.15, -0.1) is 0 Å². The molecule has 0 radical (unpaired) electrons. The number of hydrogen-bond donors (Lipinski definition) is 1. The van der Waals surface area contributed by atoms with E-state index in [1.165, 1.54) is 0 Å². The third-order valence-electron chi connectivity index (χ3n) is 2.61. The Bertz CT molecular complexity index is 381. The first kappa shape index (κ1) is 13.0. The highest BCUT2D eigenvalue weighted by atomic mass is 35.5. The van der Waals surface area contributed by atoms with Crippen LogP contribution in [0.2, 0.25) is 5.02 Å². The van der Waals surface area contributed by atoms with Crippen LogP contribution in [-0.4, -0.2) is 30.8 Å². The minimum Gasteiger partial charge on any atom is -0.397 e. The molecule has 0 aromatic heterocycles. The first-order valence-corrected chi connectivity index (χ1v) is 5.60. The molecule has 16 heavy (non-hydrogen) atoms. The molecule has 0 spiro atoms. The molecule has 0 aliphatic carbocycles. The van der Waals surface area contributed by atoms with Crippen molar-refractivity contribution >= 4 is 23.1 Å². The highest BCUT2D eigenvalue weighted by Gasteiger charge is 2.11. The third kappa shape index (κ3) is 2.97. The van der Waals surface area contributed by atoms with Gasteiger partial charge in [-0.05, 0) is 38.2 Å². The van der Waals surface area contributed by atoms with Crippen LogP contribution in [0, 0.1) is 6.92 Å². The maximum atomic E-state index is 11.9. The van der Waals surface area contributed by atoms with E-state index in [1.807, 2.05) is 25.8 Å². The van der Waals surface area contributed by atoms with Crippen molar-refractivity contribution in [3.8, 4) is 0 Å². The highest BCUT2D eigenvalue weighted by Crippen LogP contribution is 2.24. The molecule has 0 saturated carbocycles. The molecule has 0 bridgehead atoms. The van der Waals surface area contributed by atoms with Crippen LogP contribution in [0.4, 0.5) is 5.69 Å². The Labute approximate surface area is 101 Å². The second-order valence-corrected chi connectivity index (χ2v) is 4.35. The number of benzene rings is 1. The fourth-order valence-electron chi connectivity index (χ4n) is 1.36. The summed E-state index contributed by atoms with van der Waals surface area (Å²) in [6.45, 7) is 5.10. The van der Waals surface area contributed by atoms with Gasteiger partial charge in [0.2, 0.25) is 0 Å². The molecule has 0 saturated heterocycles. The number of carbonyl (C=O) groups excluding carboxylic acids is 1. The molecule has 88 valence electrons. The first-order chi connectivity index (χ1) is 7.45. The number of hydrogen-bond acceptors (Lipinski definition) is 3.